The van der Waals surface area contributed by atoms with E-state index in [1.54, 1.807) is 22.9 Å². The fourth-order valence-electron chi connectivity index (χ4n) is 6.78. The van der Waals surface area contributed by atoms with Crippen LogP contribution in [0.5, 0.6) is 0 Å². The van der Waals surface area contributed by atoms with Gasteiger partial charge < -0.3 is 35.0 Å². The van der Waals surface area contributed by atoms with Crippen LogP contribution in [-0.2, 0) is 4.74 Å². The fraction of sp³-hybridized carbons (Fsp3) is 0.387. The van der Waals surface area contributed by atoms with Crippen LogP contribution in [0.4, 0.5) is 0 Å². The van der Waals surface area contributed by atoms with Crippen molar-refractivity contribution in [3.05, 3.63) is 53.7 Å². The van der Waals surface area contributed by atoms with Crippen LogP contribution in [0.2, 0.25) is 0 Å². The minimum Gasteiger partial charge on any atom is -0.394 e. The number of carbonyl (C=O) groups excluding carboxylic acids is 2. The Morgan fingerprint density at radius 3 is 2.35 bits per heavy atom. The molecule has 5 N–H and O–H groups in total. The van der Waals surface area contributed by atoms with Crippen LogP contribution < -0.4 is 0 Å². The maximum atomic E-state index is 14.3. The van der Waals surface area contributed by atoms with Crippen LogP contribution in [-0.4, -0.2) is 114 Å². The molecule has 5 heterocycles. The van der Waals surface area contributed by atoms with E-state index in [-0.39, 0.29) is 18.0 Å². The van der Waals surface area contributed by atoms with Gasteiger partial charge in [0.25, 0.3) is 11.8 Å². The Hall–Kier alpha value is -3.91. The number of nitrogens with one attached hydrogen (secondary N) is 1. The molecular formula is C31H33N5O7. The number of amides is 2. The number of fused-ring (bicyclic) bond motifs is 10. The second-order valence-corrected chi connectivity index (χ2v) is 11.1. The summed E-state index contributed by atoms with van der Waals surface area (Å²) < 4.78 is 7.62. The first-order valence-electron chi connectivity index (χ1n) is 14.6. The van der Waals surface area contributed by atoms with Crippen molar-refractivity contribution in [3.8, 4) is 0 Å². The van der Waals surface area contributed by atoms with Crippen molar-refractivity contribution < 1.29 is 34.8 Å². The van der Waals surface area contributed by atoms with Crippen LogP contribution in [0, 0.1) is 0 Å². The zero-order chi connectivity index (χ0) is 30.2. The Balaban J connectivity index is 1.57. The lowest BCUT2D eigenvalue weighted by Gasteiger charge is -2.40. The molecule has 0 aliphatic carbocycles. The summed E-state index contributed by atoms with van der Waals surface area (Å²) in [5.74, 6) is -0.789. The number of hydrogen-bond acceptors (Lipinski definition) is 9. The molecule has 12 nitrogen and oxygen atoms in total. The third-order valence-corrected chi connectivity index (χ3v) is 9.03. The van der Waals surface area contributed by atoms with Gasteiger partial charge in [0, 0.05) is 46.3 Å². The van der Waals surface area contributed by atoms with Gasteiger partial charge in [-0.3, -0.25) is 19.1 Å². The largest absolute Gasteiger partial charge is 0.394 e. The molecular weight excluding hydrogens is 554 g/mol. The van der Waals surface area contributed by atoms with Gasteiger partial charge in [-0.25, -0.2) is 4.98 Å². The molecule has 2 aliphatic heterocycles. The fourth-order valence-corrected chi connectivity index (χ4v) is 6.78. The molecule has 0 spiro atoms. The highest BCUT2D eigenvalue weighted by Gasteiger charge is 2.47. The average molecular weight is 588 g/mol. The summed E-state index contributed by atoms with van der Waals surface area (Å²) in [6.45, 7) is 5.80. The molecule has 2 amide bonds. The number of carbonyl (C=O) groups is 2. The molecule has 12 heteroatoms. The van der Waals surface area contributed by atoms with Crippen molar-refractivity contribution in [2.24, 2.45) is 0 Å². The molecule has 2 aromatic carbocycles. The molecule has 0 bridgehead atoms. The van der Waals surface area contributed by atoms with E-state index < -0.39 is 43.2 Å². The number of para-hydroxylation sites is 1. The first kappa shape index (κ1) is 27.9. The van der Waals surface area contributed by atoms with Gasteiger partial charge in [-0.05, 0) is 31.3 Å². The van der Waals surface area contributed by atoms with Gasteiger partial charge in [-0.1, -0.05) is 32.0 Å². The number of aliphatic hydroxyl groups is 4. The van der Waals surface area contributed by atoms with Crippen molar-refractivity contribution in [2.75, 3.05) is 32.8 Å². The lowest BCUT2D eigenvalue weighted by atomic mass is 9.96. The van der Waals surface area contributed by atoms with E-state index in [0.717, 1.165) is 24.0 Å². The zero-order valence-electron chi connectivity index (χ0n) is 23.8. The number of nitrogens with zero attached hydrogens (tertiary/aromatic N) is 4. The molecule has 3 aromatic heterocycles. The van der Waals surface area contributed by atoms with E-state index in [1.165, 1.54) is 4.90 Å². The van der Waals surface area contributed by atoms with Crippen molar-refractivity contribution in [1.29, 1.82) is 0 Å². The number of aliphatic hydroxyl groups excluding tert-OH is 4. The van der Waals surface area contributed by atoms with E-state index in [2.05, 4.69) is 14.9 Å². The summed E-state index contributed by atoms with van der Waals surface area (Å²) in [6.07, 6.45) is -5.66. The molecule has 43 heavy (non-hydrogen) atoms. The van der Waals surface area contributed by atoms with Gasteiger partial charge in [0.15, 0.2) is 6.23 Å². The number of benzene rings is 2. The molecule has 1 fully saturated rings. The highest BCUT2D eigenvalue weighted by Crippen LogP contribution is 2.46. The summed E-state index contributed by atoms with van der Waals surface area (Å²) in [4.78, 5) is 39.9. The SMILES string of the molecule is CCN(CC)CCN1C(=O)c2c(c3c4cccnc4n([C@@H]4O[C@H](CO)[C@@H](O)[C@H](O)[C@H]4O)c3c3[nH]c4ccccc4c23)C1=O. The van der Waals surface area contributed by atoms with Crippen molar-refractivity contribution in [1.82, 2.24) is 24.3 Å². The van der Waals surface area contributed by atoms with E-state index in [1.807, 2.05) is 38.1 Å². The smallest absolute Gasteiger partial charge is 0.262 e. The first-order valence-corrected chi connectivity index (χ1v) is 14.6. The van der Waals surface area contributed by atoms with Crippen LogP contribution in [0.1, 0.15) is 40.8 Å². The lowest BCUT2D eigenvalue weighted by molar-refractivity contribution is -0.249. The number of ether oxygens (including phenoxy) is 1. The van der Waals surface area contributed by atoms with Gasteiger partial charge in [0.2, 0.25) is 0 Å². The van der Waals surface area contributed by atoms with Crippen molar-refractivity contribution in [2.45, 2.75) is 44.5 Å². The minimum absolute atomic E-state index is 0.225. The number of likely N-dealkylation sites (N-methyl/N-ethyl adjacent to an activating group) is 1. The van der Waals surface area contributed by atoms with Crippen molar-refractivity contribution >= 4 is 55.6 Å². The van der Waals surface area contributed by atoms with Gasteiger partial charge in [-0.15, -0.1) is 0 Å². The predicted molar refractivity (Wildman–Crippen MR) is 159 cm³/mol. The summed E-state index contributed by atoms with van der Waals surface area (Å²) in [7, 11) is 0. The van der Waals surface area contributed by atoms with Crippen LogP contribution in [0.15, 0.2) is 42.6 Å². The second kappa shape index (κ2) is 10.4. The van der Waals surface area contributed by atoms with Crippen LogP contribution in [0.3, 0.4) is 0 Å². The van der Waals surface area contributed by atoms with Gasteiger partial charge in [-0.2, -0.15) is 0 Å². The lowest BCUT2D eigenvalue weighted by Crippen LogP contribution is -2.56. The molecule has 2 aliphatic rings. The highest BCUT2D eigenvalue weighted by molar-refractivity contribution is 6.39. The second-order valence-electron chi connectivity index (χ2n) is 11.1. The minimum atomic E-state index is -1.63. The molecule has 0 unspecified atom stereocenters. The third kappa shape index (κ3) is 3.88. The summed E-state index contributed by atoms with van der Waals surface area (Å²) >= 11 is 0. The predicted octanol–water partition coefficient (Wildman–Crippen LogP) is 1.73. The maximum absolute atomic E-state index is 14.3. The number of pyridine rings is 1. The quantitative estimate of drug-likeness (QED) is 0.178. The number of aromatic nitrogens is 3. The van der Waals surface area contributed by atoms with Gasteiger partial charge >= 0.3 is 0 Å². The molecule has 1 saturated heterocycles. The summed E-state index contributed by atoms with van der Waals surface area (Å²) in [5.41, 5.74) is 2.63. The van der Waals surface area contributed by atoms with Gasteiger partial charge in [0.1, 0.15) is 30.1 Å². The Labute approximate surface area is 245 Å². The Morgan fingerprint density at radius 2 is 1.63 bits per heavy atom. The van der Waals surface area contributed by atoms with Crippen LogP contribution in [0.25, 0.3) is 43.7 Å². The molecule has 5 atom stereocenters. The zero-order valence-corrected chi connectivity index (χ0v) is 23.8. The van der Waals surface area contributed by atoms with E-state index in [4.69, 9.17) is 4.74 Å². The van der Waals surface area contributed by atoms with E-state index in [9.17, 15) is 30.0 Å². The van der Waals surface area contributed by atoms with Crippen LogP contribution >= 0.6 is 0 Å². The topological polar surface area (TPSA) is 164 Å². The first-order chi connectivity index (χ1) is 20.8. The number of rotatable bonds is 7. The monoisotopic (exact) mass is 587 g/mol. The molecule has 224 valence electrons. The Kier molecular flexibility index (Phi) is 6.73. The normalized spacial score (nSPS) is 24.4. The number of imide groups is 1. The standard InChI is InChI=1S/C31H33N5O7/c1-3-34(4-2)12-13-35-29(41)21-19-15-8-5-6-10-17(15)33-23(19)24-20(22(21)30(35)42)16-9-7-11-32-28(16)36(24)31-27(40)26(39)25(38)18(14-37)43-31/h5-11,18,25-27,31,33,37-40H,3-4,12-14H2,1-2H3/t18-,25-,26+,27-,31-/m1/s1. The molecule has 7 rings (SSSR count). The molecule has 0 radical (unpaired) electrons. The van der Waals surface area contributed by atoms with E-state index >= 15 is 0 Å². The van der Waals surface area contributed by atoms with Gasteiger partial charge in [0.05, 0.1) is 28.8 Å². The van der Waals surface area contributed by atoms with Crippen molar-refractivity contribution in [3.63, 3.8) is 0 Å². The average Bonchev–Trinajstić information content (AvgIpc) is 3.65. The summed E-state index contributed by atoms with van der Waals surface area (Å²) in [6, 6.07) is 11.0. The maximum Gasteiger partial charge on any atom is 0.262 e. The number of aromatic amines is 1. The highest BCUT2D eigenvalue weighted by atomic mass is 16.6. The Bertz CT molecular complexity index is 1910. The number of H-pyrrole nitrogens is 1. The third-order valence-electron chi connectivity index (χ3n) is 9.03. The molecule has 0 saturated carbocycles. The molecule has 5 aromatic rings. The summed E-state index contributed by atoms with van der Waals surface area (Å²) in [5, 5.41) is 44.7. The number of hydrogen-bond donors (Lipinski definition) is 5. The van der Waals surface area contributed by atoms with E-state index in [0.29, 0.717) is 44.9 Å². The Morgan fingerprint density at radius 1 is 0.930 bits per heavy atom.